The lowest BCUT2D eigenvalue weighted by Gasteiger charge is -2.05. The second-order valence-electron chi connectivity index (χ2n) is 4.45. The quantitative estimate of drug-likeness (QED) is 0.767. The van der Waals surface area contributed by atoms with Crippen LogP contribution >= 0.6 is 11.3 Å². The fourth-order valence-corrected chi connectivity index (χ4v) is 2.54. The molecule has 100 valence electrons. The third-order valence-corrected chi connectivity index (χ3v) is 3.45. The van der Waals surface area contributed by atoms with E-state index in [1.165, 1.54) is 0 Å². The normalized spacial score (nSPS) is 11.8. The molecule has 0 aliphatic rings. The Bertz CT molecular complexity index is 493. The molecule has 0 amide bonds. The van der Waals surface area contributed by atoms with E-state index in [-0.39, 0.29) is 0 Å². The van der Waals surface area contributed by atoms with Crippen LogP contribution in [0.3, 0.4) is 0 Å². The lowest BCUT2D eigenvalue weighted by atomic mass is 10.3. The highest BCUT2D eigenvalue weighted by Crippen LogP contribution is 2.15. The lowest BCUT2D eigenvalue weighted by Crippen LogP contribution is -2.23. The van der Waals surface area contributed by atoms with Crippen LogP contribution in [0.15, 0.2) is 0 Å². The van der Waals surface area contributed by atoms with Gasteiger partial charge in [-0.25, -0.2) is 0 Å². The largest absolute Gasteiger partial charge is 0.377 e. The van der Waals surface area contributed by atoms with Crippen LogP contribution in [0.25, 0.3) is 4.96 Å². The van der Waals surface area contributed by atoms with Gasteiger partial charge in [-0.1, -0.05) is 25.2 Å². The first-order valence-electron chi connectivity index (χ1n) is 6.13. The van der Waals surface area contributed by atoms with Crippen molar-refractivity contribution in [1.82, 2.24) is 25.1 Å². The molecule has 6 nitrogen and oxygen atoms in total. The Kier molecular flexibility index (Phi) is 4.62. The Morgan fingerprint density at radius 1 is 1.39 bits per heavy atom. The summed E-state index contributed by atoms with van der Waals surface area (Å²) >= 11 is 1.60. The highest BCUT2D eigenvalue weighted by atomic mass is 32.1. The summed E-state index contributed by atoms with van der Waals surface area (Å²) in [5.41, 5.74) is 0. The summed E-state index contributed by atoms with van der Waals surface area (Å²) < 4.78 is 6.84. The molecule has 0 saturated carbocycles. The molecule has 0 spiro atoms. The molecule has 18 heavy (non-hydrogen) atoms. The van der Waals surface area contributed by atoms with Gasteiger partial charge in [-0.15, -0.1) is 10.2 Å². The highest BCUT2D eigenvalue weighted by Gasteiger charge is 2.10. The molecule has 0 saturated heterocycles. The number of aryl methyl sites for hydroxylation is 1. The Hall–Kier alpha value is -1.05. The molecule has 1 N–H and O–H groups in total. The lowest BCUT2D eigenvalue weighted by molar-refractivity contribution is 0.176. The number of nitrogens with one attached hydrogen (secondary N) is 1. The number of ether oxygens (including phenoxy) is 1. The Morgan fingerprint density at radius 2 is 2.22 bits per heavy atom. The van der Waals surface area contributed by atoms with Crippen molar-refractivity contribution in [3.05, 3.63) is 10.8 Å². The maximum atomic E-state index is 5.06. The summed E-state index contributed by atoms with van der Waals surface area (Å²) in [6.07, 6.45) is 2.06. The molecule has 2 aromatic heterocycles. The SMILES string of the molecule is COCc1nnc2sc(CCCNC(C)C)nn12. The van der Waals surface area contributed by atoms with Gasteiger partial charge in [0.1, 0.15) is 11.6 Å². The summed E-state index contributed by atoms with van der Waals surface area (Å²) in [5, 5.41) is 17.1. The minimum Gasteiger partial charge on any atom is -0.377 e. The van der Waals surface area contributed by atoms with E-state index in [1.807, 2.05) is 0 Å². The third-order valence-electron chi connectivity index (χ3n) is 2.49. The molecule has 0 fully saturated rings. The first-order valence-corrected chi connectivity index (χ1v) is 6.94. The zero-order valence-electron chi connectivity index (χ0n) is 11.0. The summed E-state index contributed by atoms with van der Waals surface area (Å²) in [6.45, 7) is 5.77. The van der Waals surface area contributed by atoms with Crippen molar-refractivity contribution in [3.8, 4) is 0 Å². The highest BCUT2D eigenvalue weighted by molar-refractivity contribution is 7.16. The van der Waals surface area contributed by atoms with Crippen LogP contribution in [0, 0.1) is 0 Å². The summed E-state index contributed by atoms with van der Waals surface area (Å²) in [5.74, 6) is 0.760. The minimum absolute atomic E-state index is 0.444. The maximum Gasteiger partial charge on any atom is 0.234 e. The molecule has 2 rings (SSSR count). The van der Waals surface area contributed by atoms with Crippen molar-refractivity contribution in [3.63, 3.8) is 0 Å². The van der Waals surface area contributed by atoms with E-state index in [4.69, 9.17) is 4.74 Å². The molecule has 0 unspecified atom stereocenters. The number of nitrogens with zero attached hydrogens (tertiary/aromatic N) is 4. The van der Waals surface area contributed by atoms with Crippen LogP contribution in [0.2, 0.25) is 0 Å². The van der Waals surface area contributed by atoms with Gasteiger partial charge in [0.2, 0.25) is 4.96 Å². The zero-order chi connectivity index (χ0) is 13.0. The summed E-state index contributed by atoms with van der Waals surface area (Å²) in [4.78, 5) is 0.842. The second-order valence-corrected chi connectivity index (χ2v) is 5.49. The van der Waals surface area contributed by atoms with Crippen LogP contribution in [0.5, 0.6) is 0 Å². The van der Waals surface area contributed by atoms with E-state index in [0.29, 0.717) is 12.6 Å². The topological polar surface area (TPSA) is 64.3 Å². The Morgan fingerprint density at radius 3 is 2.94 bits per heavy atom. The average molecular weight is 269 g/mol. The molecule has 0 radical (unpaired) electrons. The van der Waals surface area contributed by atoms with E-state index >= 15 is 0 Å². The standard InChI is InChI=1S/C11H19N5OS/c1-8(2)12-6-4-5-10-15-16-9(7-17-3)13-14-11(16)18-10/h8,12H,4-7H2,1-3H3. The minimum atomic E-state index is 0.444. The van der Waals surface area contributed by atoms with Crippen molar-refractivity contribution >= 4 is 16.3 Å². The van der Waals surface area contributed by atoms with Gasteiger partial charge in [0, 0.05) is 19.6 Å². The summed E-state index contributed by atoms with van der Waals surface area (Å²) in [7, 11) is 1.64. The molecule has 0 aliphatic heterocycles. The molecule has 0 aliphatic carbocycles. The first kappa shape index (κ1) is 13.4. The first-order chi connectivity index (χ1) is 8.70. The van der Waals surface area contributed by atoms with Gasteiger partial charge in [0.15, 0.2) is 5.82 Å². The van der Waals surface area contributed by atoms with E-state index in [1.54, 1.807) is 23.0 Å². The molecule has 0 atom stereocenters. The number of hydrogen-bond donors (Lipinski definition) is 1. The molecule has 2 heterocycles. The average Bonchev–Trinajstić information content (AvgIpc) is 2.87. The summed E-state index contributed by atoms with van der Waals surface area (Å²) in [6, 6.07) is 0.538. The van der Waals surface area contributed by atoms with Crippen molar-refractivity contribution in [1.29, 1.82) is 0 Å². The molecule has 2 aromatic rings. The van der Waals surface area contributed by atoms with Gasteiger partial charge < -0.3 is 10.1 Å². The van der Waals surface area contributed by atoms with Crippen LogP contribution in [0.1, 0.15) is 31.1 Å². The van der Waals surface area contributed by atoms with Gasteiger partial charge in [-0.05, 0) is 13.0 Å². The number of fused-ring (bicyclic) bond motifs is 1. The van der Waals surface area contributed by atoms with Gasteiger partial charge in [0.25, 0.3) is 0 Å². The van der Waals surface area contributed by atoms with Crippen molar-refractivity contribution < 1.29 is 4.74 Å². The van der Waals surface area contributed by atoms with Crippen LogP contribution in [0.4, 0.5) is 0 Å². The van der Waals surface area contributed by atoms with E-state index < -0.39 is 0 Å². The number of aromatic nitrogens is 4. The van der Waals surface area contributed by atoms with Gasteiger partial charge >= 0.3 is 0 Å². The molecular weight excluding hydrogens is 250 g/mol. The second kappa shape index (κ2) is 6.21. The predicted molar refractivity (Wildman–Crippen MR) is 70.8 cm³/mol. The van der Waals surface area contributed by atoms with E-state index in [0.717, 1.165) is 35.2 Å². The third kappa shape index (κ3) is 3.24. The van der Waals surface area contributed by atoms with Crippen LogP contribution < -0.4 is 5.32 Å². The molecular formula is C11H19N5OS. The number of rotatable bonds is 7. The fourth-order valence-electron chi connectivity index (χ4n) is 1.65. The molecule has 7 heteroatoms. The molecule has 0 aromatic carbocycles. The Labute approximate surface area is 110 Å². The van der Waals surface area contributed by atoms with Crippen molar-refractivity contribution in [2.24, 2.45) is 0 Å². The zero-order valence-corrected chi connectivity index (χ0v) is 11.8. The Balaban J connectivity index is 1.93. The predicted octanol–water partition coefficient (Wildman–Crippen LogP) is 1.26. The maximum absolute atomic E-state index is 5.06. The smallest absolute Gasteiger partial charge is 0.234 e. The van der Waals surface area contributed by atoms with E-state index in [9.17, 15) is 0 Å². The van der Waals surface area contributed by atoms with Gasteiger partial charge in [0.05, 0.1) is 0 Å². The molecule has 0 bridgehead atoms. The monoisotopic (exact) mass is 269 g/mol. The van der Waals surface area contributed by atoms with Crippen LogP contribution in [-0.2, 0) is 17.8 Å². The van der Waals surface area contributed by atoms with Gasteiger partial charge in [-0.3, -0.25) is 0 Å². The van der Waals surface area contributed by atoms with E-state index in [2.05, 4.69) is 34.5 Å². The van der Waals surface area contributed by atoms with Crippen LogP contribution in [-0.4, -0.2) is 39.5 Å². The fraction of sp³-hybridized carbons (Fsp3) is 0.727. The van der Waals surface area contributed by atoms with Crippen molar-refractivity contribution in [2.45, 2.75) is 39.3 Å². The number of hydrogen-bond acceptors (Lipinski definition) is 6. The van der Waals surface area contributed by atoms with Crippen molar-refractivity contribution in [2.75, 3.05) is 13.7 Å². The van der Waals surface area contributed by atoms with Gasteiger partial charge in [-0.2, -0.15) is 9.61 Å². The number of methoxy groups -OCH3 is 1.